The Morgan fingerprint density at radius 2 is 1.00 bits per heavy atom. The molecule has 0 fully saturated rings. The van der Waals surface area contributed by atoms with Gasteiger partial charge >= 0.3 is 0 Å². The maximum absolute atomic E-state index is 8.82. The van der Waals surface area contributed by atoms with Crippen molar-refractivity contribution in [1.82, 2.24) is 0 Å². The molecule has 0 aromatic heterocycles. The normalized spacial score (nSPS) is 12.0. The number of aliphatic hydroxyl groups excluding tert-OH is 4. The molecule has 0 bridgehead atoms. The van der Waals surface area contributed by atoms with Crippen LogP contribution in [0.2, 0.25) is 0 Å². The third-order valence-electron chi connectivity index (χ3n) is 2.45. The van der Waals surface area contributed by atoms with Crippen LogP contribution in [-0.4, -0.2) is 92.3 Å². The molecule has 0 atom stereocenters. The second kappa shape index (κ2) is 14.6. The van der Waals surface area contributed by atoms with Crippen LogP contribution in [0.15, 0.2) is 0 Å². The summed E-state index contributed by atoms with van der Waals surface area (Å²) in [6, 6.07) is 0. The first-order valence-electron chi connectivity index (χ1n) is 7.11. The Bertz CT molecular complexity index is 169. The van der Waals surface area contributed by atoms with Crippen LogP contribution in [-0.2, 0) is 18.9 Å². The van der Waals surface area contributed by atoms with E-state index in [9.17, 15) is 0 Å². The standard InChI is InChI=1S/C13H28O8/c14-3-1-7-20-13(11-18-9-5-16,12-19-10-6-17)21-8-2-4-15/h14-17H,1-12H2. The first kappa shape index (κ1) is 20.7. The number of aliphatic hydroxyl groups is 4. The van der Waals surface area contributed by atoms with Gasteiger partial charge in [0.2, 0.25) is 5.79 Å². The fourth-order valence-electron chi connectivity index (χ4n) is 1.48. The summed E-state index contributed by atoms with van der Waals surface area (Å²) in [5, 5.41) is 35.2. The van der Waals surface area contributed by atoms with Gasteiger partial charge in [0.1, 0.15) is 13.2 Å². The SMILES string of the molecule is OCCCOC(COCCO)(COCCO)OCCCO. The van der Waals surface area contributed by atoms with Gasteiger partial charge in [-0.05, 0) is 12.8 Å². The van der Waals surface area contributed by atoms with E-state index in [1.165, 1.54) is 0 Å². The molecular weight excluding hydrogens is 284 g/mol. The Morgan fingerprint density at radius 3 is 1.33 bits per heavy atom. The third-order valence-corrected chi connectivity index (χ3v) is 2.45. The van der Waals surface area contributed by atoms with Crippen molar-refractivity contribution in [3.8, 4) is 0 Å². The summed E-state index contributed by atoms with van der Waals surface area (Å²) in [4.78, 5) is 0. The average Bonchev–Trinajstić information content (AvgIpc) is 2.48. The quantitative estimate of drug-likeness (QED) is 0.201. The Hall–Kier alpha value is -0.320. The van der Waals surface area contributed by atoms with Crippen molar-refractivity contribution in [1.29, 1.82) is 0 Å². The van der Waals surface area contributed by atoms with Gasteiger partial charge in [-0.3, -0.25) is 0 Å². The summed E-state index contributed by atoms with van der Waals surface area (Å²) in [6.45, 7) is 0.570. The van der Waals surface area contributed by atoms with Gasteiger partial charge in [-0.1, -0.05) is 0 Å². The van der Waals surface area contributed by atoms with Gasteiger partial charge < -0.3 is 39.4 Å². The van der Waals surface area contributed by atoms with E-state index < -0.39 is 5.79 Å². The second-order valence-electron chi connectivity index (χ2n) is 4.31. The summed E-state index contributed by atoms with van der Waals surface area (Å²) < 4.78 is 21.8. The fourth-order valence-corrected chi connectivity index (χ4v) is 1.48. The molecule has 0 aromatic carbocycles. The van der Waals surface area contributed by atoms with Gasteiger partial charge in [0.05, 0.1) is 39.6 Å². The second-order valence-corrected chi connectivity index (χ2v) is 4.31. The minimum Gasteiger partial charge on any atom is -0.396 e. The van der Waals surface area contributed by atoms with E-state index in [0.717, 1.165) is 0 Å². The molecule has 128 valence electrons. The average molecular weight is 312 g/mol. The molecule has 4 N–H and O–H groups in total. The fraction of sp³-hybridized carbons (Fsp3) is 1.00. The Kier molecular flexibility index (Phi) is 14.4. The van der Waals surface area contributed by atoms with E-state index in [4.69, 9.17) is 39.4 Å². The van der Waals surface area contributed by atoms with Crippen LogP contribution in [0.5, 0.6) is 0 Å². The van der Waals surface area contributed by atoms with E-state index >= 15 is 0 Å². The molecule has 0 amide bonds. The molecule has 0 heterocycles. The van der Waals surface area contributed by atoms with Crippen LogP contribution < -0.4 is 0 Å². The number of rotatable bonds is 16. The van der Waals surface area contributed by atoms with Gasteiger partial charge in [0.15, 0.2) is 0 Å². The molecule has 0 aliphatic carbocycles. The molecule has 8 heteroatoms. The van der Waals surface area contributed by atoms with Gasteiger partial charge in [0, 0.05) is 13.2 Å². The Morgan fingerprint density at radius 1 is 0.571 bits per heavy atom. The highest BCUT2D eigenvalue weighted by Crippen LogP contribution is 2.16. The lowest BCUT2D eigenvalue weighted by Crippen LogP contribution is -2.46. The van der Waals surface area contributed by atoms with Crippen LogP contribution in [0.4, 0.5) is 0 Å². The van der Waals surface area contributed by atoms with E-state index in [0.29, 0.717) is 12.8 Å². The summed E-state index contributed by atoms with van der Waals surface area (Å²) in [5.41, 5.74) is 0. The molecule has 0 rings (SSSR count). The lowest BCUT2D eigenvalue weighted by molar-refractivity contribution is -0.284. The van der Waals surface area contributed by atoms with Gasteiger partial charge in [0.25, 0.3) is 0 Å². The molecular formula is C13H28O8. The van der Waals surface area contributed by atoms with Crippen LogP contribution in [0, 0.1) is 0 Å². The monoisotopic (exact) mass is 312 g/mol. The van der Waals surface area contributed by atoms with Crippen molar-refractivity contribution in [3.05, 3.63) is 0 Å². The summed E-state index contributed by atoms with van der Waals surface area (Å²) >= 11 is 0. The van der Waals surface area contributed by atoms with Crippen molar-refractivity contribution in [3.63, 3.8) is 0 Å². The van der Waals surface area contributed by atoms with Crippen LogP contribution in [0.25, 0.3) is 0 Å². The predicted molar refractivity (Wildman–Crippen MR) is 73.9 cm³/mol. The van der Waals surface area contributed by atoms with Gasteiger partial charge in [-0.15, -0.1) is 0 Å². The molecule has 0 saturated heterocycles. The zero-order valence-electron chi connectivity index (χ0n) is 12.4. The molecule has 0 aromatic rings. The first-order valence-corrected chi connectivity index (χ1v) is 7.11. The summed E-state index contributed by atoms with van der Waals surface area (Å²) in [6.07, 6.45) is 0.871. The van der Waals surface area contributed by atoms with Crippen molar-refractivity contribution in [2.75, 3.05) is 66.1 Å². The van der Waals surface area contributed by atoms with E-state index in [1.807, 2.05) is 0 Å². The van der Waals surface area contributed by atoms with E-state index in [1.54, 1.807) is 0 Å². The maximum Gasteiger partial charge on any atom is 0.216 e. The largest absolute Gasteiger partial charge is 0.396 e. The Labute approximate surface area is 125 Å². The highest BCUT2D eigenvalue weighted by atomic mass is 16.7. The zero-order valence-corrected chi connectivity index (χ0v) is 12.4. The minimum absolute atomic E-state index is 0.0122. The molecule has 0 spiro atoms. The summed E-state index contributed by atoms with van der Waals surface area (Å²) in [5.74, 6) is -1.19. The smallest absolute Gasteiger partial charge is 0.216 e. The maximum atomic E-state index is 8.82. The predicted octanol–water partition coefficient (Wildman–Crippen LogP) is -1.50. The van der Waals surface area contributed by atoms with Crippen molar-refractivity contribution in [2.45, 2.75) is 18.6 Å². The lowest BCUT2D eigenvalue weighted by atomic mass is 10.3. The zero-order chi connectivity index (χ0) is 15.8. The lowest BCUT2D eigenvalue weighted by Gasteiger charge is -2.33. The van der Waals surface area contributed by atoms with Crippen molar-refractivity contribution >= 4 is 0 Å². The topological polar surface area (TPSA) is 118 Å². The number of hydrogen-bond donors (Lipinski definition) is 4. The molecule has 0 aliphatic rings. The third kappa shape index (κ3) is 11.0. The number of hydrogen-bond acceptors (Lipinski definition) is 8. The summed E-state index contributed by atoms with van der Waals surface area (Å²) in [7, 11) is 0. The molecule has 21 heavy (non-hydrogen) atoms. The van der Waals surface area contributed by atoms with Crippen molar-refractivity contribution < 1.29 is 39.4 Å². The molecule has 0 radical (unpaired) electrons. The highest BCUT2D eigenvalue weighted by molar-refractivity contribution is 4.70. The van der Waals surface area contributed by atoms with E-state index in [2.05, 4.69) is 0 Å². The Balaban J connectivity index is 4.52. The minimum atomic E-state index is -1.19. The highest BCUT2D eigenvalue weighted by Gasteiger charge is 2.33. The number of ether oxygens (including phenoxy) is 4. The molecule has 0 aliphatic heterocycles. The van der Waals surface area contributed by atoms with Crippen LogP contribution in [0.3, 0.4) is 0 Å². The van der Waals surface area contributed by atoms with Crippen LogP contribution >= 0.6 is 0 Å². The van der Waals surface area contributed by atoms with Crippen LogP contribution in [0.1, 0.15) is 12.8 Å². The molecule has 0 saturated carbocycles. The van der Waals surface area contributed by atoms with Gasteiger partial charge in [-0.25, -0.2) is 0 Å². The first-order chi connectivity index (χ1) is 10.2. The molecule has 8 nitrogen and oxygen atoms in total. The molecule has 0 unspecified atom stereocenters. The van der Waals surface area contributed by atoms with Gasteiger partial charge in [-0.2, -0.15) is 0 Å². The van der Waals surface area contributed by atoms with Crippen molar-refractivity contribution in [2.24, 2.45) is 0 Å². The van der Waals surface area contributed by atoms with E-state index in [-0.39, 0.29) is 66.1 Å².